The van der Waals surface area contributed by atoms with E-state index in [0.29, 0.717) is 5.69 Å². The summed E-state index contributed by atoms with van der Waals surface area (Å²) in [6, 6.07) is 3.05. The van der Waals surface area contributed by atoms with Gasteiger partial charge in [0.2, 0.25) is 0 Å². The fraction of sp³-hybridized carbons (Fsp3) is 0.500. The van der Waals surface area contributed by atoms with Crippen molar-refractivity contribution in [2.75, 3.05) is 18.8 Å². The molecule has 0 aromatic carbocycles. The average Bonchev–Trinajstić information content (AvgIpc) is 2.48. The summed E-state index contributed by atoms with van der Waals surface area (Å²) in [4.78, 5) is 29.6. The number of pyridine rings is 1. The molecule has 1 saturated heterocycles. The van der Waals surface area contributed by atoms with Crippen LogP contribution in [0.2, 0.25) is 0 Å². The van der Waals surface area contributed by atoms with E-state index in [0.717, 1.165) is 32.4 Å². The van der Waals surface area contributed by atoms with Gasteiger partial charge in [0.05, 0.1) is 11.9 Å². The Morgan fingerprint density at radius 1 is 1.30 bits per heavy atom. The Morgan fingerprint density at radius 3 is 2.60 bits per heavy atom. The maximum Gasteiger partial charge on any atom is 0.357 e. The van der Waals surface area contributed by atoms with Crippen molar-refractivity contribution in [3.8, 4) is 0 Å². The summed E-state index contributed by atoms with van der Waals surface area (Å²) < 4.78 is 5.16. The van der Waals surface area contributed by atoms with Gasteiger partial charge in [0, 0.05) is 13.1 Å². The summed E-state index contributed by atoms with van der Waals surface area (Å²) in [5, 5.41) is 0. The maximum absolute atomic E-state index is 12.1. The molecular formula is C14H19N3O3. The number of aromatic nitrogens is 1. The summed E-state index contributed by atoms with van der Waals surface area (Å²) in [5.41, 5.74) is 6.12. The van der Waals surface area contributed by atoms with Crippen LogP contribution in [0.4, 0.5) is 5.69 Å². The summed E-state index contributed by atoms with van der Waals surface area (Å²) >= 11 is 0. The molecule has 1 aromatic heterocycles. The molecule has 6 heteroatoms. The monoisotopic (exact) mass is 277 g/mol. The third kappa shape index (κ3) is 3.46. The molecule has 2 heterocycles. The molecule has 108 valence electrons. The lowest BCUT2D eigenvalue weighted by molar-refractivity contribution is -0.140. The molecule has 1 aliphatic rings. The highest BCUT2D eigenvalue weighted by molar-refractivity contribution is 5.90. The lowest BCUT2D eigenvalue weighted by Gasteiger charge is -2.28. The molecule has 0 bridgehead atoms. The molecule has 20 heavy (non-hydrogen) atoms. The number of anilines is 1. The quantitative estimate of drug-likeness (QED) is 0.840. The van der Waals surface area contributed by atoms with E-state index in [2.05, 4.69) is 4.98 Å². The van der Waals surface area contributed by atoms with E-state index in [-0.39, 0.29) is 11.6 Å². The van der Waals surface area contributed by atoms with Crippen LogP contribution in [0.1, 0.15) is 36.7 Å². The molecule has 0 saturated carbocycles. The largest absolute Gasteiger partial charge is 0.448 e. The van der Waals surface area contributed by atoms with Gasteiger partial charge < -0.3 is 15.4 Å². The van der Waals surface area contributed by atoms with Gasteiger partial charge in [0.15, 0.2) is 6.10 Å². The minimum absolute atomic E-state index is 0.145. The van der Waals surface area contributed by atoms with Crippen molar-refractivity contribution in [2.45, 2.75) is 32.3 Å². The molecule has 1 fully saturated rings. The predicted octanol–water partition coefficient (Wildman–Crippen LogP) is 1.22. The number of hydrogen-bond donors (Lipinski definition) is 1. The standard InChI is InChI=1S/C14H19N3O3/c1-10(13(18)17-7-3-2-4-8-17)20-14(19)12-6-5-11(15)9-16-12/h5-6,9-10H,2-4,7-8,15H2,1H3. The Labute approximate surface area is 117 Å². The van der Waals surface area contributed by atoms with Crippen LogP contribution in [0.3, 0.4) is 0 Å². The number of esters is 1. The highest BCUT2D eigenvalue weighted by atomic mass is 16.5. The van der Waals surface area contributed by atoms with Crippen LogP contribution in [-0.2, 0) is 9.53 Å². The molecular weight excluding hydrogens is 258 g/mol. The number of carbonyl (C=O) groups excluding carboxylic acids is 2. The van der Waals surface area contributed by atoms with Crippen LogP contribution in [0.25, 0.3) is 0 Å². The van der Waals surface area contributed by atoms with Crippen molar-refractivity contribution in [2.24, 2.45) is 0 Å². The molecule has 6 nitrogen and oxygen atoms in total. The van der Waals surface area contributed by atoms with Gasteiger partial charge >= 0.3 is 5.97 Å². The van der Waals surface area contributed by atoms with Gasteiger partial charge in [-0.15, -0.1) is 0 Å². The summed E-state index contributed by atoms with van der Waals surface area (Å²) in [7, 11) is 0. The molecule has 1 amide bonds. The fourth-order valence-corrected chi connectivity index (χ4v) is 2.17. The molecule has 2 N–H and O–H groups in total. The van der Waals surface area contributed by atoms with Crippen molar-refractivity contribution in [1.82, 2.24) is 9.88 Å². The van der Waals surface area contributed by atoms with Crippen LogP contribution in [0, 0.1) is 0 Å². The third-order valence-corrected chi connectivity index (χ3v) is 3.29. The van der Waals surface area contributed by atoms with Crippen LogP contribution < -0.4 is 5.73 Å². The molecule has 1 aromatic rings. The van der Waals surface area contributed by atoms with Crippen molar-refractivity contribution in [3.63, 3.8) is 0 Å². The number of piperidine rings is 1. The first kappa shape index (κ1) is 14.3. The predicted molar refractivity (Wildman–Crippen MR) is 74.0 cm³/mol. The van der Waals surface area contributed by atoms with Gasteiger partial charge in [-0.3, -0.25) is 4.79 Å². The second-order valence-corrected chi connectivity index (χ2v) is 4.91. The van der Waals surface area contributed by atoms with Gasteiger partial charge in [0.1, 0.15) is 5.69 Å². The molecule has 1 unspecified atom stereocenters. The lowest BCUT2D eigenvalue weighted by Crippen LogP contribution is -2.42. The molecule has 2 rings (SSSR count). The Morgan fingerprint density at radius 2 is 2.00 bits per heavy atom. The van der Waals surface area contributed by atoms with E-state index in [4.69, 9.17) is 10.5 Å². The topological polar surface area (TPSA) is 85.5 Å². The SMILES string of the molecule is CC(OC(=O)c1ccc(N)cn1)C(=O)N1CCCCC1. The zero-order valence-corrected chi connectivity index (χ0v) is 11.5. The van der Waals surface area contributed by atoms with Gasteiger partial charge in [-0.2, -0.15) is 0 Å². The van der Waals surface area contributed by atoms with Gasteiger partial charge in [0.25, 0.3) is 5.91 Å². The Hall–Kier alpha value is -2.11. The Bertz CT molecular complexity index is 481. The second kappa shape index (κ2) is 6.36. The first-order valence-corrected chi connectivity index (χ1v) is 6.79. The summed E-state index contributed by atoms with van der Waals surface area (Å²) in [6.45, 7) is 3.06. The number of carbonyl (C=O) groups is 2. The van der Waals surface area contributed by atoms with Crippen LogP contribution in [-0.4, -0.2) is 41.0 Å². The lowest BCUT2D eigenvalue weighted by atomic mass is 10.1. The van der Waals surface area contributed by atoms with Gasteiger partial charge in [-0.05, 0) is 38.3 Å². The van der Waals surface area contributed by atoms with E-state index in [1.165, 1.54) is 12.3 Å². The number of amides is 1. The summed E-state index contributed by atoms with van der Waals surface area (Å²) in [5.74, 6) is -0.753. The van der Waals surface area contributed by atoms with Crippen molar-refractivity contribution < 1.29 is 14.3 Å². The normalized spacial score (nSPS) is 16.6. The first-order chi connectivity index (χ1) is 9.58. The highest BCUT2D eigenvalue weighted by Crippen LogP contribution is 2.12. The highest BCUT2D eigenvalue weighted by Gasteiger charge is 2.25. The van der Waals surface area contributed by atoms with E-state index in [9.17, 15) is 9.59 Å². The maximum atomic E-state index is 12.1. The number of likely N-dealkylation sites (tertiary alicyclic amines) is 1. The Balaban J connectivity index is 1.92. The molecule has 0 radical (unpaired) electrons. The molecule has 1 aliphatic heterocycles. The Kier molecular flexibility index (Phi) is 4.55. The number of nitrogen functional groups attached to an aromatic ring is 1. The van der Waals surface area contributed by atoms with E-state index < -0.39 is 12.1 Å². The summed E-state index contributed by atoms with van der Waals surface area (Å²) in [6.07, 6.45) is 3.75. The van der Waals surface area contributed by atoms with Crippen LogP contribution >= 0.6 is 0 Å². The van der Waals surface area contributed by atoms with Gasteiger partial charge in [-0.1, -0.05) is 0 Å². The zero-order valence-electron chi connectivity index (χ0n) is 11.5. The number of rotatable bonds is 3. The second-order valence-electron chi connectivity index (χ2n) is 4.91. The molecule has 0 aliphatic carbocycles. The van der Waals surface area contributed by atoms with Gasteiger partial charge in [-0.25, -0.2) is 9.78 Å². The van der Waals surface area contributed by atoms with Crippen molar-refractivity contribution in [3.05, 3.63) is 24.0 Å². The minimum atomic E-state index is -0.792. The number of ether oxygens (including phenoxy) is 1. The zero-order chi connectivity index (χ0) is 14.5. The number of nitrogens with two attached hydrogens (primary N) is 1. The minimum Gasteiger partial charge on any atom is -0.448 e. The number of nitrogens with zero attached hydrogens (tertiary/aromatic N) is 2. The van der Waals surface area contributed by atoms with Crippen LogP contribution in [0.5, 0.6) is 0 Å². The van der Waals surface area contributed by atoms with E-state index >= 15 is 0 Å². The fourth-order valence-electron chi connectivity index (χ4n) is 2.17. The molecule has 1 atom stereocenters. The third-order valence-electron chi connectivity index (χ3n) is 3.29. The van der Waals surface area contributed by atoms with Crippen molar-refractivity contribution in [1.29, 1.82) is 0 Å². The number of hydrogen-bond acceptors (Lipinski definition) is 5. The van der Waals surface area contributed by atoms with Crippen molar-refractivity contribution >= 4 is 17.6 Å². The van der Waals surface area contributed by atoms with Crippen LogP contribution in [0.15, 0.2) is 18.3 Å². The first-order valence-electron chi connectivity index (χ1n) is 6.79. The average molecular weight is 277 g/mol. The van der Waals surface area contributed by atoms with E-state index in [1.807, 2.05) is 0 Å². The van der Waals surface area contributed by atoms with E-state index in [1.54, 1.807) is 17.9 Å². The smallest absolute Gasteiger partial charge is 0.357 e. The molecule has 0 spiro atoms.